The highest BCUT2D eigenvalue weighted by atomic mass is 79.9. The zero-order valence-electron chi connectivity index (χ0n) is 16.9. The lowest BCUT2D eigenvalue weighted by molar-refractivity contribution is -0.144. The van der Waals surface area contributed by atoms with Crippen molar-refractivity contribution in [3.8, 4) is 0 Å². The summed E-state index contributed by atoms with van der Waals surface area (Å²) in [6.07, 6.45) is 1.65. The molecule has 0 saturated carbocycles. The van der Waals surface area contributed by atoms with E-state index in [1.165, 1.54) is 0 Å². The molecule has 1 atom stereocenters. The summed E-state index contributed by atoms with van der Waals surface area (Å²) in [5, 5.41) is 27.8. The highest BCUT2D eigenvalue weighted by Crippen LogP contribution is 2.33. The molecule has 2 aromatic heterocycles. The zero-order valence-corrected chi connectivity index (χ0v) is 18.4. The molecule has 3 aromatic rings. The molecule has 1 fully saturated rings. The molecule has 11 heteroatoms. The molecule has 3 heterocycles. The van der Waals surface area contributed by atoms with Crippen LogP contribution in [0.15, 0.2) is 33.5 Å². The SMILES string of the molecule is Cc1nonc1CN1CCN([C@H](C(=O)O)c2cn(CC(=O)O)c3ccc(Br)cc23)CC1. The number of nitrogens with zero attached hydrogens (tertiary/aromatic N) is 5. The van der Waals surface area contributed by atoms with E-state index < -0.39 is 18.0 Å². The molecular formula is C20H22BrN5O5. The second-order valence-electron chi connectivity index (χ2n) is 7.62. The molecule has 0 spiro atoms. The number of hydrogen-bond acceptors (Lipinski definition) is 7. The van der Waals surface area contributed by atoms with Crippen molar-refractivity contribution >= 4 is 38.8 Å². The van der Waals surface area contributed by atoms with Gasteiger partial charge in [-0.2, -0.15) is 0 Å². The van der Waals surface area contributed by atoms with Crippen molar-refractivity contribution in [2.24, 2.45) is 0 Å². The number of aromatic nitrogens is 3. The fourth-order valence-electron chi connectivity index (χ4n) is 4.06. The summed E-state index contributed by atoms with van der Waals surface area (Å²) in [7, 11) is 0. The summed E-state index contributed by atoms with van der Waals surface area (Å²) < 4.78 is 7.15. The number of hydrogen-bond donors (Lipinski definition) is 2. The molecule has 164 valence electrons. The maximum Gasteiger partial charge on any atom is 0.325 e. The third-order valence-electron chi connectivity index (χ3n) is 5.60. The van der Waals surface area contributed by atoms with Crippen LogP contribution in [-0.2, 0) is 22.7 Å². The van der Waals surface area contributed by atoms with Crippen molar-refractivity contribution in [3.63, 3.8) is 0 Å². The van der Waals surface area contributed by atoms with Gasteiger partial charge in [0.15, 0.2) is 0 Å². The number of halogens is 1. The fraction of sp³-hybridized carbons (Fsp3) is 0.400. The van der Waals surface area contributed by atoms with E-state index in [-0.39, 0.29) is 6.54 Å². The number of aryl methyl sites for hydroxylation is 1. The zero-order chi connectivity index (χ0) is 22.1. The summed E-state index contributed by atoms with van der Waals surface area (Å²) in [5.41, 5.74) is 2.82. The van der Waals surface area contributed by atoms with Crippen LogP contribution >= 0.6 is 15.9 Å². The summed E-state index contributed by atoms with van der Waals surface area (Å²) in [4.78, 5) is 27.7. The predicted octanol–water partition coefficient (Wildman–Crippen LogP) is 2.12. The van der Waals surface area contributed by atoms with Crippen LogP contribution in [0.1, 0.15) is 23.0 Å². The van der Waals surface area contributed by atoms with Gasteiger partial charge in [-0.1, -0.05) is 26.2 Å². The number of piperazine rings is 1. The van der Waals surface area contributed by atoms with E-state index in [9.17, 15) is 19.8 Å². The Morgan fingerprint density at radius 3 is 2.55 bits per heavy atom. The van der Waals surface area contributed by atoms with E-state index in [1.54, 1.807) is 16.8 Å². The van der Waals surface area contributed by atoms with Crippen LogP contribution in [0.25, 0.3) is 10.9 Å². The molecule has 0 amide bonds. The van der Waals surface area contributed by atoms with Crippen LogP contribution in [0, 0.1) is 6.92 Å². The molecule has 31 heavy (non-hydrogen) atoms. The van der Waals surface area contributed by atoms with Gasteiger partial charge in [-0.3, -0.25) is 19.4 Å². The molecule has 0 unspecified atom stereocenters. The number of carboxylic acid groups (broad SMARTS) is 2. The van der Waals surface area contributed by atoms with Gasteiger partial charge in [-0.25, -0.2) is 4.63 Å². The van der Waals surface area contributed by atoms with Crippen molar-refractivity contribution in [3.05, 3.63) is 45.8 Å². The van der Waals surface area contributed by atoms with Gasteiger partial charge < -0.3 is 14.8 Å². The lowest BCUT2D eigenvalue weighted by atomic mass is 10.0. The molecule has 10 nitrogen and oxygen atoms in total. The van der Waals surface area contributed by atoms with E-state index >= 15 is 0 Å². The van der Waals surface area contributed by atoms with Crippen LogP contribution in [0.4, 0.5) is 0 Å². The smallest absolute Gasteiger partial charge is 0.325 e. The first-order valence-electron chi connectivity index (χ1n) is 9.81. The third-order valence-corrected chi connectivity index (χ3v) is 6.09. The molecule has 2 N–H and O–H groups in total. The number of benzene rings is 1. The summed E-state index contributed by atoms with van der Waals surface area (Å²) in [6.45, 7) is 4.67. The molecule has 1 aliphatic heterocycles. The van der Waals surface area contributed by atoms with Gasteiger partial charge in [0.05, 0.1) is 0 Å². The summed E-state index contributed by atoms with van der Waals surface area (Å²) in [5.74, 6) is -1.94. The van der Waals surface area contributed by atoms with E-state index in [4.69, 9.17) is 4.63 Å². The quantitative estimate of drug-likeness (QED) is 0.510. The van der Waals surface area contributed by atoms with Crippen LogP contribution in [-0.4, -0.2) is 73.0 Å². The van der Waals surface area contributed by atoms with Gasteiger partial charge in [0.1, 0.15) is 24.0 Å². The van der Waals surface area contributed by atoms with E-state index in [0.717, 1.165) is 21.2 Å². The molecule has 1 aromatic carbocycles. The van der Waals surface area contributed by atoms with Crippen LogP contribution < -0.4 is 0 Å². The molecule has 1 saturated heterocycles. The van der Waals surface area contributed by atoms with Gasteiger partial charge in [-0.05, 0) is 25.1 Å². The minimum atomic E-state index is -0.982. The lowest BCUT2D eigenvalue weighted by Gasteiger charge is -2.37. The van der Waals surface area contributed by atoms with E-state index in [1.807, 2.05) is 24.0 Å². The number of rotatable bonds is 7. The molecule has 0 bridgehead atoms. The predicted molar refractivity (Wildman–Crippen MR) is 114 cm³/mol. The van der Waals surface area contributed by atoms with Crippen LogP contribution in [0.5, 0.6) is 0 Å². The molecular weight excluding hydrogens is 470 g/mol. The highest BCUT2D eigenvalue weighted by molar-refractivity contribution is 9.10. The molecule has 4 rings (SSSR count). The number of carbonyl (C=O) groups is 2. The Morgan fingerprint density at radius 2 is 1.94 bits per heavy atom. The van der Waals surface area contributed by atoms with Gasteiger partial charge in [0.2, 0.25) is 0 Å². The van der Waals surface area contributed by atoms with Crippen molar-refractivity contribution in [1.29, 1.82) is 0 Å². The Kier molecular flexibility index (Phi) is 6.08. The lowest BCUT2D eigenvalue weighted by Crippen LogP contribution is -2.48. The first-order valence-corrected chi connectivity index (χ1v) is 10.6. The van der Waals surface area contributed by atoms with Gasteiger partial charge in [0, 0.05) is 59.9 Å². The first kappa shape index (κ1) is 21.5. The Morgan fingerprint density at radius 1 is 1.19 bits per heavy atom. The monoisotopic (exact) mass is 491 g/mol. The minimum absolute atomic E-state index is 0.233. The Bertz CT molecular complexity index is 1120. The largest absolute Gasteiger partial charge is 0.480 e. The minimum Gasteiger partial charge on any atom is -0.480 e. The Balaban J connectivity index is 1.59. The first-order chi connectivity index (χ1) is 14.8. The second kappa shape index (κ2) is 8.77. The number of carboxylic acids is 2. The maximum atomic E-state index is 12.3. The van der Waals surface area contributed by atoms with Crippen molar-refractivity contribution in [2.75, 3.05) is 26.2 Å². The van der Waals surface area contributed by atoms with Gasteiger partial charge >= 0.3 is 11.9 Å². The topological polar surface area (TPSA) is 125 Å². The van der Waals surface area contributed by atoms with Crippen molar-refractivity contribution in [2.45, 2.75) is 26.1 Å². The van der Waals surface area contributed by atoms with Crippen LogP contribution in [0.2, 0.25) is 0 Å². The van der Waals surface area contributed by atoms with Crippen molar-refractivity contribution < 1.29 is 24.4 Å². The highest BCUT2D eigenvalue weighted by Gasteiger charge is 2.33. The van der Waals surface area contributed by atoms with Crippen LogP contribution in [0.3, 0.4) is 0 Å². The molecule has 0 radical (unpaired) electrons. The number of aliphatic carboxylic acids is 2. The fourth-order valence-corrected chi connectivity index (χ4v) is 4.42. The van der Waals surface area contributed by atoms with E-state index in [0.29, 0.717) is 43.8 Å². The normalized spacial score (nSPS) is 16.6. The van der Waals surface area contributed by atoms with Gasteiger partial charge in [0.25, 0.3) is 0 Å². The van der Waals surface area contributed by atoms with Crippen molar-refractivity contribution in [1.82, 2.24) is 24.7 Å². The summed E-state index contributed by atoms with van der Waals surface area (Å²) in [6, 6.07) is 4.59. The Labute approximate surface area is 186 Å². The summed E-state index contributed by atoms with van der Waals surface area (Å²) >= 11 is 3.44. The molecule has 0 aliphatic carbocycles. The number of fused-ring (bicyclic) bond motifs is 1. The molecule has 1 aliphatic rings. The maximum absolute atomic E-state index is 12.3. The average Bonchev–Trinajstić information content (AvgIpc) is 3.26. The standard InChI is InChI=1S/C20H22BrN5O5/c1-12-16(23-31-22-12)10-24-4-6-25(7-5-24)19(20(29)30)15-9-26(11-18(27)28)17-3-2-13(21)8-14(15)17/h2-3,8-9,19H,4-7,10-11H2,1H3,(H,27,28)(H,29,30)/t19-/m0/s1. The second-order valence-corrected chi connectivity index (χ2v) is 8.53. The van der Waals surface area contributed by atoms with Gasteiger partial charge in [-0.15, -0.1) is 0 Å². The van der Waals surface area contributed by atoms with E-state index in [2.05, 4.69) is 31.1 Å². The average molecular weight is 492 g/mol. The Hall–Kier alpha value is -2.76. The third kappa shape index (κ3) is 4.48.